The van der Waals surface area contributed by atoms with Crippen molar-refractivity contribution in [2.45, 2.75) is 20.8 Å². The molecule has 0 bridgehead atoms. The van der Waals surface area contributed by atoms with E-state index in [0.29, 0.717) is 0 Å². The van der Waals surface area contributed by atoms with Gasteiger partial charge < -0.3 is 5.11 Å². The molecule has 0 aliphatic heterocycles. The van der Waals surface area contributed by atoms with E-state index in [4.69, 9.17) is 14.5 Å². The van der Waals surface area contributed by atoms with Crippen LogP contribution in [0.5, 0.6) is 0 Å². The second-order valence-electron chi connectivity index (χ2n) is 3.47. The van der Waals surface area contributed by atoms with E-state index in [9.17, 15) is 18.0 Å². The molecule has 0 unspecified atom stereocenters. The second-order valence-corrected chi connectivity index (χ2v) is 4.83. The summed E-state index contributed by atoms with van der Waals surface area (Å²) in [5, 5.41) is 7.42. The lowest BCUT2D eigenvalue weighted by Crippen LogP contribution is -2.21. The van der Waals surface area contributed by atoms with Crippen molar-refractivity contribution in [3.8, 4) is 0 Å². The summed E-state index contributed by atoms with van der Waals surface area (Å²) in [6.07, 6.45) is 0.901. The lowest BCUT2D eigenvalue weighted by molar-refractivity contribution is -0.134. The third kappa shape index (κ3) is 4.22. The Labute approximate surface area is 104 Å². The molecule has 0 radical (unpaired) electrons. The van der Waals surface area contributed by atoms with Crippen LogP contribution in [0.25, 0.3) is 0 Å². The van der Waals surface area contributed by atoms with Crippen LogP contribution < -0.4 is 0 Å². The van der Waals surface area contributed by atoms with E-state index in [0.717, 1.165) is 13.0 Å². The van der Waals surface area contributed by atoms with Crippen molar-refractivity contribution in [1.29, 1.82) is 0 Å². The minimum Gasteiger partial charge on any atom is -0.481 e. The predicted octanol–water partition coefficient (Wildman–Crippen LogP) is 0.337. The van der Waals surface area contributed by atoms with Crippen LogP contribution in [0.3, 0.4) is 0 Å². The molecule has 7 nitrogen and oxygen atoms in total. The lowest BCUT2D eigenvalue weighted by Gasteiger charge is -2.11. The van der Waals surface area contributed by atoms with E-state index in [-0.39, 0.29) is 11.1 Å². The van der Waals surface area contributed by atoms with Gasteiger partial charge in [0.05, 0.1) is 0 Å². The largest absolute Gasteiger partial charge is 0.481 e. The number of carbonyl (C=O) groups excluding carboxylic acids is 2. The minimum atomic E-state index is -4.62. The number of aliphatic carboxylic acids is 1. The predicted molar refractivity (Wildman–Crippen MR) is 61.3 cm³/mol. The van der Waals surface area contributed by atoms with E-state index in [1.807, 2.05) is 0 Å². The standard InChI is InChI=1S/C8H8O5S.C2H4O2/c1-4-3-6(9)8(14(11,12)13)5(2)7(4)10;1-2(3)4/h3H,1-2H3,(H,11,12,13);1H3,(H,3,4). The number of allylic oxidation sites excluding steroid dienone is 4. The summed E-state index contributed by atoms with van der Waals surface area (Å²) in [7, 11) is -4.62. The molecule has 0 spiro atoms. The Kier molecular flexibility index (Phi) is 5.12. The third-order valence-electron chi connectivity index (χ3n) is 1.87. The maximum absolute atomic E-state index is 11.3. The van der Waals surface area contributed by atoms with Crippen LogP contribution in [0, 0.1) is 0 Å². The summed E-state index contributed by atoms with van der Waals surface area (Å²) in [5.74, 6) is -2.24. The van der Waals surface area contributed by atoms with Crippen LogP contribution in [0.4, 0.5) is 0 Å². The maximum Gasteiger partial charge on any atom is 0.300 e. The molecule has 0 aromatic carbocycles. The molecule has 8 heteroatoms. The highest BCUT2D eigenvalue weighted by Crippen LogP contribution is 2.21. The Hall–Kier alpha value is -1.80. The summed E-state index contributed by atoms with van der Waals surface area (Å²) in [6, 6.07) is 0. The Morgan fingerprint density at radius 2 is 1.61 bits per heavy atom. The monoisotopic (exact) mass is 276 g/mol. The molecule has 0 amide bonds. The molecular formula is C10H12O7S. The maximum atomic E-state index is 11.3. The number of carboxylic acid groups (broad SMARTS) is 1. The van der Waals surface area contributed by atoms with Gasteiger partial charge in [0.1, 0.15) is 4.91 Å². The fraction of sp³-hybridized carbons (Fsp3) is 0.300. The zero-order chi connectivity index (χ0) is 14.7. The highest BCUT2D eigenvalue weighted by atomic mass is 32.2. The van der Waals surface area contributed by atoms with Gasteiger partial charge in [-0.3, -0.25) is 18.9 Å². The van der Waals surface area contributed by atoms with Crippen LogP contribution >= 0.6 is 0 Å². The molecule has 1 aliphatic rings. The molecule has 0 heterocycles. The van der Waals surface area contributed by atoms with Gasteiger partial charge in [0, 0.05) is 18.1 Å². The molecule has 18 heavy (non-hydrogen) atoms. The van der Waals surface area contributed by atoms with Gasteiger partial charge in [0.25, 0.3) is 16.1 Å². The number of carbonyl (C=O) groups is 3. The summed E-state index contributed by atoms with van der Waals surface area (Å²) in [6.45, 7) is 3.68. The first-order valence-corrected chi connectivity index (χ1v) is 6.07. The summed E-state index contributed by atoms with van der Waals surface area (Å²) in [5.41, 5.74) is -0.0719. The second kappa shape index (κ2) is 5.69. The SMILES string of the molecule is CC(=O)O.CC1=CC(=O)C(S(=O)(=O)O)=C(C)C1=O. The van der Waals surface area contributed by atoms with E-state index >= 15 is 0 Å². The molecule has 0 aromatic rings. The normalized spacial score (nSPS) is 15.9. The minimum absolute atomic E-state index is 0.167. The van der Waals surface area contributed by atoms with Gasteiger partial charge >= 0.3 is 0 Å². The topological polar surface area (TPSA) is 126 Å². The summed E-state index contributed by atoms with van der Waals surface area (Å²) < 4.78 is 30.2. The molecule has 1 rings (SSSR count). The fourth-order valence-electron chi connectivity index (χ4n) is 1.23. The summed E-state index contributed by atoms with van der Waals surface area (Å²) in [4.78, 5) is 30.6. The number of carboxylic acids is 1. The van der Waals surface area contributed by atoms with Crippen molar-refractivity contribution in [1.82, 2.24) is 0 Å². The van der Waals surface area contributed by atoms with Crippen LogP contribution in [-0.4, -0.2) is 35.6 Å². The van der Waals surface area contributed by atoms with E-state index in [1.54, 1.807) is 0 Å². The van der Waals surface area contributed by atoms with Gasteiger partial charge in [-0.05, 0) is 19.9 Å². The molecule has 0 saturated heterocycles. The average Bonchev–Trinajstić information content (AvgIpc) is 2.10. The molecule has 0 saturated carbocycles. The Morgan fingerprint density at radius 3 is 1.94 bits per heavy atom. The number of ketones is 2. The highest BCUT2D eigenvalue weighted by Gasteiger charge is 2.31. The number of hydrogen-bond acceptors (Lipinski definition) is 5. The van der Waals surface area contributed by atoms with Crippen LogP contribution in [0.2, 0.25) is 0 Å². The van der Waals surface area contributed by atoms with Crippen LogP contribution in [-0.2, 0) is 24.5 Å². The highest BCUT2D eigenvalue weighted by molar-refractivity contribution is 7.91. The van der Waals surface area contributed by atoms with Gasteiger partial charge in [-0.25, -0.2) is 0 Å². The van der Waals surface area contributed by atoms with Crippen molar-refractivity contribution in [2.75, 3.05) is 0 Å². The zero-order valence-electron chi connectivity index (χ0n) is 9.92. The lowest BCUT2D eigenvalue weighted by atomic mass is 9.98. The summed E-state index contributed by atoms with van der Waals surface area (Å²) >= 11 is 0. The third-order valence-corrected chi connectivity index (χ3v) is 2.89. The zero-order valence-corrected chi connectivity index (χ0v) is 10.7. The molecule has 100 valence electrons. The van der Waals surface area contributed by atoms with E-state index in [2.05, 4.69) is 0 Å². The quantitative estimate of drug-likeness (QED) is 0.522. The van der Waals surface area contributed by atoms with Gasteiger partial charge in [0.15, 0.2) is 11.6 Å². The molecular weight excluding hydrogens is 264 g/mol. The van der Waals surface area contributed by atoms with Gasteiger partial charge in [-0.2, -0.15) is 8.42 Å². The first kappa shape index (κ1) is 16.2. The first-order chi connectivity index (χ1) is 7.98. The number of Topliss-reactive ketones (excluding diaryl/α,β-unsaturated/α-hetero) is 1. The van der Waals surface area contributed by atoms with Gasteiger partial charge in [-0.1, -0.05) is 0 Å². The first-order valence-electron chi connectivity index (χ1n) is 4.63. The van der Waals surface area contributed by atoms with Crippen molar-refractivity contribution in [3.63, 3.8) is 0 Å². The van der Waals surface area contributed by atoms with E-state index in [1.165, 1.54) is 13.8 Å². The number of hydrogen-bond donors (Lipinski definition) is 2. The van der Waals surface area contributed by atoms with Gasteiger partial charge in [-0.15, -0.1) is 0 Å². The average molecular weight is 276 g/mol. The van der Waals surface area contributed by atoms with Crippen LogP contribution in [0.1, 0.15) is 20.8 Å². The molecule has 0 fully saturated rings. The van der Waals surface area contributed by atoms with Gasteiger partial charge in [0.2, 0.25) is 0 Å². The molecule has 2 N–H and O–H groups in total. The van der Waals surface area contributed by atoms with Crippen molar-refractivity contribution < 1.29 is 32.5 Å². The van der Waals surface area contributed by atoms with Crippen molar-refractivity contribution >= 4 is 27.7 Å². The Bertz CT molecular complexity index is 559. The fourth-order valence-corrected chi connectivity index (χ4v) is 2.02. The van der Waals surface area contributed by atoms with Crippen LogP contribution in [0.15, 0.2) is 22.1 Å². The Morgan fingerprint density at radius 1 is 1.22 bits per heavy atom. The molecule has 0 aromatic heterocycles. The Balaban J connectivity index is 0.000000631. The number of rotatable bonds is 1. The van der Waals surface area contributed by atoms with Crippen molar-refractivity contribution in [2.24, 2.45) is 0 Å². The molecule has 0 atom stereocenters. The van der Waals surface area contributed by atoms with Crippen molar-refractivity contribution in [3.05, 3.63) is 22.1 Å². The smallest absolute Gasteiger partial charge is 0.300 e. The molecule has 1 aliphatic carbocycles. The van der Waals surface area contributed by atoms with E-state index < -0.39 is 32.6 Å².